The summed E-state index contributed by atoms with van der Waals surface area (Å²) >= 11 is 5.78. The van der Waals surface area contributed by atoms with Crippen molar-refractivity contribution < 1.29 is 18.0 Å². The molecule has 1 aliphatic rings. The highest BCUT2D eigenvalue weighted by Gasteiger charge is 2.41. The maximum Gasteiger partial charge on any atom is 0.434 e. The first-order chi connectivity index (χ1) is 11.9. The molecule has 3 rings (SSSR count). The fraction of sp³-hybridized carbons (Fsp3) is 0.375. The molecule has 10 heteroatoms. The number of rotatable bonds is 2. The van der Waals surface area contributed by atoms with Crippen molar-refractivity contribution in [3.05, 3.63) is 46.7 Å². The van der Waals surface area contributed by atoms with Crippen LogP contribution in [0.5, 0.6) is 0 Å². The lowest BCUT2D eigenvalue weighted by atomic mass is 10.2. The summed E-state index contributed by atoms with van der Waals surface area (Å²) in [6.07, 6.45) is -3.04. The summed E-state index contributed by atoms with van der Waals surface area (Å²) in [6, 6.07) is 5.80. The molecule has 2 heterocycles. The van der Waals surface area contributed by atoms with Crippen LogP contribution in [-0.2, 0) is 6.18 Å². The van der Waals surface area contributed by atoms with E-state index >= 15 is 0 Å². The smallest absolute Gasteiger partial charge is 0.337 e. The Labute approximate surface area is 159 Å². The van der Waals surface area contributed by atoms with Crippen molar-refractivity contribution in [2.75, 3.05) is 26.2 Å². The minimum atomic E-state index is -4.72. The Morgan fingerprint density at radius 2 is 1.85 bits per heavy atom. The molecule has 0 spiro atoms. The maximum absolute atomic E-state index is 13.6. The summed E-state index contributed by atoms with van der Waals surface area (Å²) in [5.41, 5.74) is -1.32. The standard InChI is InChI=1S/C16H16ClF3N4O.ClH/c17-11-2-4-12(5-3-11)24-14(16(18,19)20)13(10-22-24)15(25)23-8-1-6-21-7-9-23;/h2-5,10,21H,1,6-9H2;1H. The van der Waals surface area contributed by atoms with Crippen LogP contribution in [0.3, 0.4) is 0 Å². The maximum atomic E-state index is 13.6. The summed E-state index contributed by atoms with van der Waals surface area (Å²) in [5, 5.41) is 7.33. The van der Waals surface area contributed by atoms with Crippen LogP contribution >= 0.6 is 24.0 Å². The van der Waals surface area contributed by atoms with Crippen molar-refractivity contribution in [3.8, 4) is 5.69 Å². The zero-order valence-electron chi connectivity index (χ0n) is 13.6. The van der Waals surface area contributed by atoms with Gasteiger partial charge in [0.2, 0.25) is 0 Å². The molecule has 1 saturated heterocycles. The van der Waals surface area contributed by atoms with Crippen molar-refractivity contribution in [2.24, 2.45) is 0 Å². The van der Waals surface area contributed by atoms with Crippen LogP contribution in [0.1, 0.15) is 22.5 Å². The van der Waals surface area contributed by atoms with E-state index in [1.165, 1.54) is 29.2 Å². The van der Waals surface area contributed by atoms with E-state index in [4.69, 9.17) is 11.6 Å². The van der Waals surface area contributed by atoms with Crippen molar-refractivity contribution in [1.29, 1.82) is 0 Å². The summed E-state index contributed by atoms with van der Waals surface area (Å²) in [5.74, 6) is -0.656. The lowest BCUT2D eigenvalue weighted by Crippen LogP contribution is -2.35. The van der Waals surface area contributed by atoms with E-state index in [0.29, 0.717) is 31.1 Å². The van der Waals surface area contributed by atoms with E-state index < -0.39 is 23.3 Å². The molecule has 1 amide bonds. The fourth-order valence-corrected chi connectivity index (χ4v) is 2.90. The predicted molar refractivity (Wildman–Crippen MR) is 94.2 cm³/mol. The van der Waals surface area contributed by atoms with Crippen molar-refractivity contribution in [1.82, 2.24) is 20.0 Å². The molecule has 0 saturated carbocycles. The Bertz CT molecular complexity index is 754. The third kappa shape index (κ3) is 4.31. The number of halogens is 5. The summed E-state index contributed by atoms with van der Waals surface area (Å²) in [6.45, 7) is 2.07. The lowest BCUT2D eigenvalue weighted by molar-refractivity contribution is -0.143. The number of amides is 1. The van der Waals surface area contributed by atoms with Gasteiger partial charge in [-0.3, -0.25) is 4.79 Å². The van der Waals surface area contributed by atoms with Gasteiger partial charge in [0.05, 0.1) is 17.4 Å². The second-order valence-electron chi connectivity index (χ2n) is 5.69. The van der Waals surface area contributed by atoms with E-state index in [9.17, 15) is 18.0 Å². The van der Waals surface area contributed by atoms with Crippen LogP contribution in [0.4, 0.5) is 13.2 Å². The largest absolute Gasteiger partial charge is 0.434 e. The molecule has 0 radical (unpaired) electrons. The molecule has 1 aliphatic heterocycles. The van der Waals surface area contributed by atoms with Crippen LogP contribution in [0.2, 0.25) is 5.02 Å². The first kappa shape index (κ1) is 20.5. The monoisotopic (exact) mass is 408 g/mol. The lowest BCUT2D eigenvalue weighted by Gasteiger charge is -2.20. The Hall–Kier alpha value is -1.77. The molecule has 2 aromatic rings. The predicted octanol–water partition coefficient (Wildman–Crippen LogP) is 3.40. The topological polar surface area (TPSA) is 50.2 Å². The number of alkyl halides is 3. The van der Waals surface area contributed by atoms with Gasteiger partial charge >= 0.3 is 6.18 Å². The number of carbonyl (C=O) groups excluding carboxylic acids is 1. The zero-order valence-corrected chi connectivity index (χ0v) is 15.2. The van der Waals surface area contributed by atoms with Gasteiger partial charge in [0.25, 0.3) is 5.91 Å². The highest BCUT2D eigenvalue weighted by Crippen LogP contribution is 2.34. The van der Waals surface area contributed by atoms with E-state index in [1.807, 2.05) is 0 Å². The molecule has 0 bridgehead atoms. The number of aromatic nitrogens is 2. The van der Waals surface area contributed by atoms with Crippen LogP contribution < -0.4 is 5.32 Å². The highest BCUT2D eigenvalue weighted by atomic mass is 35.5. The van der Waals surface area contributed by atoms with Gasteiger partial charge in [0.1, 0.15) is 0 Å². The molecule has 0 aliphatic carbocycles. The summed E-state index contributed by atoms with van der Waals surface area (Å²) in [4.78, 5) is 14.1. The number of nitrogens with zero attached hydrogens (tertiary/aromatic N) is 3. The van der Waals surface area contributed by atoms with Crippen LogP contribution in [0.15, 0.2) is 30.5 Å². The van der Waals surface area contributed by atoms with Crippen LogP contribution in [-0.4, -0.2) is 46.8 Å². The Kier molecular flexibility index (Phi) is 6.54. The minimum Gasteiger partial charge on any atom is -0.337 e. The molecule has 0 unspecified atom stereocenters. The van der Waals surface area contributed by atoms with E-state index in [-0.39, 0.29) is 18.1 Å². The number of nitrogens with one attached hydrogen (secondary N) is 1. The molecular formula is C16H17Cl2F3N4O. The van der Waals surface area contributed by atoms with Crippen molar-refractivity contribution in [2.45, 2.75) is 12.6 Å². The zero-order chi connectivity index (χ0) is 18.0. The number of hydrogen-bond donors (Lipinski definition) is 1. The van der Waals surface area contributed by atoms with Gasteiger partial charge < -0.3 is 10.2 Å². The summed E-state index contributed by atoms with van der Waals surface area (Å²) in [7, 11) is 0. The Morgan fingerprint density at radius 1 is 1.15 bits per heavy atom. The molecule has 1 N–H and O–H groups in total. The van der Waals surface area contributed by atoms with Gasteiger partial charge in [0, 0.05) is 24.7 Å². The highest BCUT2D eigenvalue weighted by molar-refractivity contribution is 6.30. The van der Waals surface area contributed by atoms with Gasteiger partial charge in [0.15, 0.2) is 5.69 Å². The van der Waals surface area contributed by atoms with Crippen LogP contribution in [0.25, 0.3) is 5.69 Å². The van der Waals surface area contributed by atoms with E-state index in [0.717, 1.165) is 17.4 Å². The van der Waals surface area contributed by atoms with Gasteiger partial charge in [-0.1, -0.05) is 11.6 Å². The Balaban J connectivity index is 0.00000243. The second-order valence-corrected chi connectivity index (χ2v) is 6.13. The number of carbonyl (C=O) groups is 1. The fourth-order valence-electron chi connectivity index (χ4n) is 2.77. The Morgan fingerprint density at radius 3 is 2.50 bits per heavy atom. The average molecular weight is 409 g/mol. The molecule has 0 atom stereocenters. The van der Waals surface area contributed by atoms with Crippen molar-refractivity contribution >= 4 is 29.9 Å². The third-order valence-electron chi connectivity index (χ3n) is 3.97. The van der Waals surface area contributed by atoms with Gasteiger partial charge in [-0.15, -0.1) is 12.4 Å². The molecular weight excluding hydrogens is 392 g/mol. The van der Waals surface area contributed by atoms with Crippen molar-refractivity contribution in [3.63, 3.8) is 0 Å². The molecule has 5 nitrogen and oxygen atoms in total. The van der Waals surface area contributed by atoms with Gasteiger partial charge in [-0.05, 0) is 37.2 Å². The minimum absolute atomic E-state index is 0. The first-order valence-corrected chi connectivity index (χ1v) is 8.17. The normalized spacial score (nSPS) is 15.3. The number of hydrogen-bond acceptors (Lipinski definition) is 3. The molecule has 1 fully saturated rings. The molecule has 142 valence electrons. The third-order valence-corrected chi connectivity index (χ3v) is 4.22. The molecule has 1 aromatic carbocycles. The number of benzene rings is 1. The van der Waals surface area contributed by atoms with Crippen LogP contribution in [0, 0.1) is 0 Å². The second kappa shape index (κ2) is 8.28. The first-order valence-electron chi connectivity index (χ1n) is 7.79. The average Bonchev–Trinajstić information content (AvgIpc) is 2.84. The quantitative estimate of drug-likeness (QED) is 0.828. The van der Waals surface area contributed by atoms with E-state index in [1.54, 1.807) is 0 Å². The SMILES string of the molecule is Cl.O=C(c1cnn(-c2ccc(Cl)cc2)c1C(F)(F)F)N1CCCNCC1. The van der Waals surface area contributed by atoms with Gasteiger partial charge in [-0.2, -0.15) is 18.3 Å². The summed E-state index contributed by atoms with van der Waals surface area (Å²) < 4.78 is 41.7. The molecule has 1 aromatic heterocycles. The van der Waals surface area contributed by atoms with E-state index in [2.05, 4.69) is 10.4 Å². The molecule has 26 heavy (non-hydrogen) atoms. The van der Waals surface area contributed by atoms with Gasteiger partial charge in [-0.25, -0.2) is 4.68 Å².